The molecule has 34 heavy (non-hydrogen) atoms. The Bertz CT molecular complexity index is 1160. The number of rotatable bonds is 5. The number of benzene rings is 1. The minimum atomic E-state index is -1.10. The monoisotopic (exact) mass is 505 g/mol. The maximum Gasteiger partial charge on any atom is 0.230 e. The predicted octanol–water partition coefficient (Wildman–Crippen LogP) is 2.54. The highest BCUT2D eigenvalue weighted by molar-refractivity contribution is 6.30. The summed E-state index contributed by atoms with van der Waals surface area (Å²) in [4.78, 5) is 50.1. The summed E-state index contributed by atoms with van der Waals surface area (Å²) in [7, 11) is 0. The molecule has 2 aromatic rings. The molecule has 3 heterocycles. The Morgan fingerprint density at radius 1 is 1.09 bits per heavy atom. The van der Waals surface area contributed by atoms with Gasteiger partial charge in [0.2, 0.25) is 11.8 Å². The fourth-order valence-electron chi connectivity index (χ4n) is 4.98. The third-order valence-electron chi connectivity index (χ3n) is 6.73. The van der Waals surface area contributed by atoms with E-state index in [1.165, 1.54) is 0 Å². The largest absolute Gasteiger partial charge is 0.380 e. The number of amides is 2. The van der Waals surface area contributed by atoms with E-state index in [-0.39, 0.29) is 42.7 Å². The average molecular weight is 506 g/mol. The van der Waals surface area contributed by atoms with Gasteiger partial charge in [0.15, 0.2) is 16.7 Å². The first-order valence-corrected chi connectivity index (χ1v) is 11.5. The van der Waals surface area contributed by atoms with Crippen molar-refractivity contribution in [3.63, 3.8) is 0 Å². The molecule has 1 aliphatic carbocycles. The molecule has 2 fully saturated rings. The number of imide groups is 1. The second-order valence-electron chi connectivity index (χ2n) is 8.75. The van der Waals surface area contributed by atoms with Gasteiger partial charge in [-0.1, -0.05) is 23.7 Å². The summed E-state index contributed by atoms with van der Waals surface area (Å²) in [6.07, 6.45) is 4.20. The molecule has 2 aliphatic heterocycles. The van der Waals surface area contributed by atoms with Crippen LogP contribution in [0.4, 0.5) is 5.69 Å². The molecule has 2 atom stereocenters. The van der Waals surface area contributed by atoms with Crippen LogP contribution in [0.25, 0.3) is 0 Å². The lowest BCUT2D eigenvalue weighted by molar-refractivity contribution is -0.137. The second-order valence-corrected chi connectivity index (χ2v) is 9.11. The molecule has 3 aliphatic rings. The van der Waals surface area contributed by atoms with Gasteiger partial charge in [0.05, 0.1) is 23.4 Å². The van der Waals surface area contributed by atoms with Crippen molar-refractivity contribution in [1.82, 2.24) is 20.4 Å². The number of anilines is 1. The first-order chi connectivity index (χ1) is 15.9. The molecule has 1 aromatic heterocycles. The number of fused-ring (bicyclic) bond motifs is 1. The van der Waals surface area contributed by atoms with Crippen LogP contribution in [0.5, 0.6) is 0 Å². The van der Waals surface area contributed by atoms with Crippen molar-refractivity contribution in [3.05, 3.63) is 46.2 Å². The van der Waals surface area contributed by atoms with Gasteiger partial charge in [0.25, 0.3) is 0 Å². The molecule has 9 nitrogen and oxygen atoms in total. The Morgan fingerprint density at radius 3 is 2.59 bits per heavy atom. The molecule has 11 heteroatoms. The molecule has 2 amide bonds. The van der Waals surface area contributed by atoms with Gasteiger partial charge < -0.3 is 10.6 Å². The summed E-state index contributed by atoms with van der Waals surface area (Å²) < 4.78 is 1.91. The van der Waals surface area contributed by atoms with Gasteiger partial charge in [0, 0.05) is 36.0 Å². The Kier molecular flexibility index (Phi) is 7.06. The molecule has 0 bridgehead atoms. The lowest BCUT2D eigenvalue weighted by atomic mass is 9.82. The highest BCUT2D eigenvalue weighted by Crippen LogP contribution is 2.38. The summed E-state index contributed by atoms with van der Waals surface area (Å²) in [6.45, 7) is 2.22. The number of aromatic nitrogens is 2. The number of nitrogens with zero attached hydrogens (tertiary/aromatic N) is 2. The number of carbonyl (C=O) groups excluding carboxylic acids is 4. The predicted molar refractivity (Wildman–Crippen MR) is 127 cm³/mol. The van der Waals surface area contributed by atoms with Crippen LogP contribution in [0.3, 0.4) is 0 Å². The summed E-state index contributed by atoms with van der Waals surface area (Å²) in [5, 5.41) is 13.7. The van der Waals surface area contributed by atoms with E-state index in [0.717, 1.165) is 31.5 Å². The number of hydrogen-bond donors (Lipinski definition) is 3. The molecule has 0 saturated carbocycles. The molecule has 1 aromatic carbocycles. The van der Waals surface area contributed by atoms with Crippen LogP contribution in [0.2, 0.25) is 5.15 Å². The zero-order chi connectivity index (χ0) is 23.1. The molecule has 180 valence electrons. The van der Waals surface area contributed by atoms with Gasteiger partial charge in [0.1, 0.15) is 0 Å². The van der Waals surface area contributed by atoms with Gasteiger partial charge in [-0.05, 0) is 38.4 Å². The van der Waals surface area contributed by atoms with Crippen molar-refractivity contribution < 1.29 is 19.2 Å². The highest BCUT2D eigenvalue weighted by atomic mass is 35.5. The third kappa shape index (κ3) is 4.35. The summed E-state index contributed by atoms with van der Waals surface area (Å²) in [6, 6.07) is 5.35. The molecule has 0 radical (unpaired) electrons. The van der Waals surface area contributed by atoms with Crippen LogP contribution in [0, 0.1) is 11.8 Å². The first-order valence-electron chi connectivity index (χ1n) is 11.2. The molecule has 2 saturated heterocycles. The smallest absolute Gasteiger partial charge is 0.230 e. The molecule has 0 spiro atoms. The number of carbonyl (C=O) groups is 4. The molecular formula is C23H25Cl2N5O4. The van der Waals surface area contributed by atoms with E-state index in [4.69, 9.17) is 11.6 Å². The summed E-state index contributed by atoms with van der Waals surface area (Å²) >= 11 is 6.37. The zero-order valence-electron chi connectivity index (χ0n) is 18.3. The molecule has 5 rings (SSSR count). The van der Waals surface area contributed by atoms with Crippen LogP contribution in [-0.2, 0) is 16.1 Å². The van der Waals surface area contributed by atoms with Crippen LogP contribution < -0.4 is 16.0 Å². The molecule has 3 N–H and O–H groups in total. The van der Waals surface area contributed by atoms with E-state index >= 15 is 0 Å². The SMILES string of the molecule is Cl.O=C1CCC(C2C(=O)c3cccc(NCc4cn(C5CCNCC5)nc4Cl)c3C2=O)C(=O)N1. The number of nitrogens with one attached hydrogen (secondary N) is 3. The highest BCUT2D eigenvalue weighted by Gasteiger charge is 2.48. The molecule has 2 unspecified atom stereocenters. The topological polar surface area (TPSA) is 122 Å². The van der Waals surface area contributed by atoms with Crippen molar-refractivity contribution in [3.8, 4) is 0 Å². The summed E-state index contributed by atoms with van der Waals surface area (Å²) in [5.41, 5.74) is 1.91. The van der Waals surface area contributed by atoms with E-state index in [0.29, 0.717) is 34.6 Å². The normalized spacial score (nSPS) is 22.9. The minimum absolute atomic E-state index is 0. The second kappa shape index (κ2) is 9.85. The standard InChI is InChI=1S/C23H24ClN5O4.ClH/c24-22-12(11-29(28-22)13-6-8-25-9-7-13)10-26-16-3-1-2-14-18(16)21(32)19(20(14)31)15-4-5-17(30)27-23(15)33;/h1-3,11,13,15,19,25-26H,4-10H2,(H,27,30,33);1H. The van der Waals surface area contributed by atoms with Crippen LogP contribution in [-0.4, -0.2) is 46.3 Å². The van der Waals surface area contributed by atoms with Gasteiger partial charge >= 0.3 is 0 Å². The van der Waals surface area contributed by atoms with Crippen molar-refractivity contribution in [1.29, 1.82) is 0 Å². The Hall–Kier alpha value is -2.75. The fourth-order valence-corrected chi connectivity index (χ4v) is 5.18. The van der Waals surface area contributed by atoms with Gasteiger partial charge in [-0.2, -0.15) is 5.10 Å². The van der Waals surface area contributed by atoms with Crippen molar-refractivity contribution in [2.45, 2.75) is 38.3 Å². The number of Topliss-reactive ketones (excluding diaryl/α,β-unsaturated/α-hetero) is 2. The third-order valence-corrected chi connectivity index (χ3v) is 7.05. The average Bonchev–Trinajstić information content (AvgIpc) is 3.31. The lowest BCUT2D eigenvalue weighted by Gasteiger charge is -2.24. The Balaban J connectivity index is 0.00000274. The van der Waals surface area contributed by atoms with Crippen LogP contribution in [0.1, 0.15) is 58.0 Å². The Morgan fingerprint density at radius 2 is 1.85 bits per heavy atom. The van der Waals surface area contributed by atoms with Gasteiger partial charge in [-0.3, -0.25) is 29.2 Å². The van der Waals surface area contributed by atoms with E-state index in [2.05, 4.69) is 21.0 Å². The number of hydrogen-bond acceptors (Lipinski definition) is 7. The fraction of sp³-hybridized carbons (Fsp3) is 0.435. The zero-order valence-corrected chi connectivity index (χ0v) is 19.9. The van der Waals surface area contributed by atoms with Gasteiger partial charge in [-0.15, -0.1) is 12.4 Å². The number of ketones is 2. The minimum Gasteiger partial charge on any atom is -0.380 e. The van der Waals surface area contributed by atoms with Crippen LogP contribution >= 0.6 is 24.0 Å². The van der Waals surface area contributed by atoms with E-state index in [1.54, 1.807) is 18.2 Å². The van der Waals surface area contributed by atoms with E-state index in [9.17, 15) is 19.2 Å². The lowest BCUT2D eigenvalue weighted by Crippen LogP contribution is -2.46. The van der Waals surface area contributed by atoms with Gasteiger partial charge in [-0.25, -0.2) is 0 Å². The van der Waals surface area contributed by atoms with Crippen molar-refractivity contribution in [2.75, 3.05) is 18.4 Å². The summed E-state index contributed by atoms with van der Waals surface area (Å²) in [5.74, 6) is -3.62. The number of halogens is 2. The molecular weight excluding hydrogens is 481 g/mol. The first kappa shape index (κ1) is 24.4. The quantitative estimate of drug-likeness (QED) is 0.421. The Labute approximate surface area is 207 Å². The number of piperidine rings is 2. The van der Waals surface area contributed by atoms with Crippen molar-refractivity contribution in [2.24, 2.45) is 11.8 Å². The maximum atomic E-state index is 13.3. The van der Waals surface area contributed by atoms with E-state index in [1.807, 2.05) is 10.9 Å². The van der Waals surface area contributed by atoms with E-state index < -0.39 is 17.7 Å². The van der Waals surface area contributed by atoms with Crippen molar-refractivity contribution >= 4 is 53.1 Å². The van der Waals surface area contributed by atoms with Crippen LogP contribution in [0.15, 0.2) is 24.4 Å². The maximum absolute atomic E-state index is 13.3.